The van der Waals surface area contributed by atoms with Gasteiger partial charge in [0.25, 0.3) is 0 Å². The SMILES string of the molecule is COCCN(CCN)CC(=O)Nc1ccc(F)cc1. The van der Waals surface area contributed by atoms with Crippen molar-refractivity contribution in [1.29, 1.82) is 0 Å². The lowest BCUT2D eigenvalue weighted by Crippen LogP contribution is -2.38. The van der Waals surface area contributed by atoms with Gasteiger partial charge in [0.15, 0.2) is 0 Å². The molecule has 5 nitrogen and oxygen atoms in total. The molecule has 0 saturated heterocycles. The van der Waals surface area contributed by atoms with Crippen LogP contribution in [0, 0.1) is 5.82 Å². The summed E-state index contributed by atoms with van der Waals surface area (Å²) in [7, 11) is 1.61. The van der Waals surface area contributed by atoms with E-state index in [1.54, 1.807) is 7.11 Å². The molecule has 0 saturated carbocycles. The summed E-state index contributed by atoms with van der Waals surface area (Å²) in [6, 6.07) is 5.65. The third-order valence-corrected chi connectivity index (χ3v) is 2.55. The van der Waals surface area contributed by atoms with Gasteiger partial charge in [-0.25, -0.2) is 4.39 Å². The van der Waals surface area contributed by atoms with Gasteiger partial charge in [0.2, 0.25) is 5.91 Å². The zero-order chi connectivity index (χ0) is 14.1. The highest BCUT2D eigenvalue weighted by molar-refractivity contribution is 5.92. The number of nitrogens with one attached hydrogen (secondary N) is 1. The van der Waals surface area contributed by atoms with Gasteiger partial charge in [0.1, 0.15) is 5.82 Å². The number of carbonyl (C=O) groups is 1. The summed E-state index contributed by atoms with van der Waals surface area (Å²) in [6.45, 7) is 2.53. The largest absolute Gasteiger partial charge is 0.383 e. The molecule has 0 bridgehead atoms. The summed E-state index contributed by atoms with van der Waals surface area (Å²) in [4.78, 5) is 13.7. The number of hydrogen-bond donors (Lipinski definition) is 2. The summed E-state index contributed by atoms with van der Waals surface area (Å²) in [5, 5.41) is 2.71. The number of hydrogen-bond acceptors (Lipinski definition) is 4. The lowest BCUT2D eigenvalue weighted by molar-refractivity contribution is -0.117. The molecule has 0 spiro atoms. The van der Waals surface area contributed by atoms with E-state index < -0.39 is 0 Å². The second kappa shape index (κ2) is 8.58. The van der Waals surface area contributed by atoms with Crippen LogP contribution in [0.25, 0.3) is 0 Å². The lowest BCUT2D eigenvalue weighted by atomic mass is 10.3. The van der Waals surface area contributed by atoms with E-state index in [0.29, 0.717) is 31.9 Å². The minimum Gasteiger partial charge on any atom is -0.383 e. The molecule has 1 aromatic rings. The number of anilines is 1. The predicted molar refractivity (Wildman–Crippen MR) is 72.4 cm³/mol. The topological polar surface area (TPSA) is 67.6 Å². The van der Waals surface area contributed by atoms with Crippen LogP contribution < -0.4 is 11.1 Å². The average Bonchev–Trinajstić information content (AvgIpc) is 2.39. The Balaban J connectivity index is 2.45. The first-order valence-electron chi connectivity index (χ1n) is 6.12. The number of benzene rings is 1. The van der Waals surface area contributed by atoms with Crippen LogP contribution in [0.5, 0.6) is 0 Å². The number of nitrogens with two attached hydrogens (primary N) is 1. The van der Waals surface area contributed by atoms with Gasteiger partial charge in [0.05, 0.1) is 13.2 Å². The van der Waals surface area contributed by atoms with Crippen LogP contribution in [0.1, 0.15) is 0 Å². The quantitative estimate of drug-likeness (QED) is 0.728. The summed E-state index contributed by atoms with van der Waals surface area (Å²) in [6.07, 6.45) is 0. The molecule has 19 heavy (non-hydrogen) atoms. The number of amides is 1. The zero-order valence-corrected chi connectivity index (χ0v) is 11.1. The zero-order valence-electron chi connectivity index (χ0n) is 11.1. The van der Waals surface area contributed by atoms with E-state index in [9.17, 15) is 9.18 Å². The number of nitrogens with zero attached hydrogens (tertiary/aromatic N) is 1. The minimum absolute atomic E-state index is 0.156. The van der Waals surface area contributed by atoms with Crippen LogP contribution in [0.2, 0.25) is 0 Å². The van der Waals surface area contributed by atoms with Gasteiger partial charge in [-0.15, -0.1) is 0 Å². The molecule has 1 aromatic carbocycles. The van der Waals surface area contributed by atoms with Crippen LogP contribution in [-0.4, -0.2) is 50.7 Å². The Hall–Kier alpha value is -1.50. The van der Waals surface area contributed by atoms with Gasteiger partial charge >= 0.3 is 0 Å². The van der Waals surface area contributed by atoms with Crippen LogP contribution in [0.15, 0.2) is 24.3 Å². The Morgan fingerprint density at radius 1 is 1.37 bits per heavy atom. The number of ether oxygens (including phenoxy) is 1. The Morgan fingerprint density at radius 2 is 2.05 bits per heavy atom. The molecule has 0 atom stereocenters. The van der Waals surface area contributed by atoms with Gasteiger partial charge in [0, 0.05) is 32.4 Å². The molecule has 0 aliphatic heterocycles. The predicted octanol–water partition coefficient (Wildman–Crippen LogP) is 0.671. The number of halogens is 1. The molecule has 0 aromatic heterocycles. The van der Waals surface area contributed by atoms with Crippen molar-refractivity contribution in [3.8, 4) is 0 Å². The fourth-order valence-electron chi connectivity index (χ4n) is 1.61. The number of rotatable bonds is 8. The Labute approximate surface area is 112 Å². The first-order chi connectivity index (χ1) is 9.15. The van der Waals surface area contributed by atoms with E-state index in [2.05, 4.69) is 5.32 Å². The summed E-state index contributed by atoms with van der Waals surface area (Å²) < 4.78 is 17.7. The molecule has 0 radical (unpaired) electrons. The highest BCUT2D eigenvalue weighted by Gasteiger charge is 2.10. The maximum absolute atomic E-state index is 12.7. The molecule has 0 unspecified atom stereocenters. The summed E-state index contributed by atoms with van der Waals surface area (Å²) >= 11 is 0. The van der Waals surface area contributed by atoms with Crippen molar-refractivity contribution in [2.75, 3.05) is 45.2 Å². The Kier molecular flexibility index (Phi) is 7.02. The fraction of sp³-hybridized carbons (Fsp3) is 0.462. The van der Waals surface area contributed by atoms with Gasteiger partial charge in [-0.2, -0.15) is 0 Å². The van der Waals surface area contributed by atoms with E-state index in [0.717, 1.165) is 0 Å². The molecular weight excluding hydrogens is 249 g/mol. The second-order valence-corrected chi connectivity index (χ2v) is 4.11. The second-order valence-electron chi connectivity index (χ2n) is 4.11. The third-order valence-electron chi connectivity index (χ3n) is 2.55. The fourth-order valence-corrected chi connectivity index (χ4v) is 1.61. The van der Waals surface area contributed by atoms with Crippen molar-refractivity contribution >= 4 is 11.6 Å². The maximum Gasteiger partial charge on any atom is 0.238 e. The lowest BCUT2D eigenvalue weighted by Gasteiger charge is -2.20. The van der Waals surface area contributed by atoms with E-state index in [4.69, 9.17) is 10.5 Å². The smallest absolute Gasteiger partial charge is 0.238 e. The Morgan fingerprint density at radius 3 is 2.63 bits per heavy atom. The van der Waals surface area contributed by atoms with Gasteiger partial charge in [-0.3, -0.25) is 9.69 Å². The van der Waals surface area contributed by atoms with Crippen LogP contribution in [0.4, 0.5) is 10.1 Å². The van der Waals surface area contributed by atoms with Gasteiger partial charge < -0.3 is 15.8 Å². The molecule has 6 heteroatoms. The maximum atomic E-state index is 12.7. The third kappa shape index (κ3) is 6.28. The van der Waals surface area contributed by atoms with E-state index in [1.807, 2.05) is 4.90 Å². The van der Waals surface area contributed by atoms with E-state index in [1.165, 1.54) is 24.3 Å². The normalized spacial score (nSPS) is 10.7. The monoisotopic (exact) mass is 269 g/mol. The minimum atomic E-state index is -0.331. The van der Waals surface area contributed by atoms with Crippen molar-refractivity contribution in [3.63, 3.8) is 0 Å². The number of methoxy groups -OCH3 is 1. The first kappa shape index (κ1) is 15.6. The number of carbonyl (C=O) groups excluding carboxylic acids is 1. The summed E-state index contributed by atoms with van der Waals surface area (Å²) in [5.41, 5.74) is 6.07. The molecule has 0 heterocycles. The van der Waals surface area contributed by atoms with Crippen molar-refractivity contribution in [3.05, 3.63) is 30.1 Å². The van der Waals surface area contributed by atoms with Crippen molar-refractivity contribution in [2.45, 2.75) is 0 Å². The van der Waals surface area contributed by atoms with E-state index >= 15 is 0 Å². The van der Waals surface area contributed by atoms with Crippen LogP contribution >= 0.6 is 0 Å². The van der Waals surface area contributed by atoms with E-state index in [-0.39, 0.29) is 18.3 Å². The van der Waals surface area contributed by atoms with Gasteiger partial charge in [-0.05, 0) is 24.3 Å². The molecule has 3 N–H and O–H groups in total. The average molecular weight is 269 g/mol. The van der Waals surface area contributed by atoms with Crippen molar-refractivity contribution < 1.29 is 13.9 Å². The van der Waals surface area contributed by atoms with Gasteiger partial charge in [-0.1, -0.05) is 0 Å². The highest BCUT2D eigenvalue weighted by Crippen LogP contribution is 2.08. The molecule has 0 aliphatic carbocycles. The first-order valence-corrected chi connectivity index (χ1v) is 6.12. The summed E-state index contributed by atoms with van der Waals surface area (Å²) in [5.74, 6) is -0.487. The highest BCUT2D eigenvalue weighted by atomic mass is 19.1. The van der Waals surface area contributed by atoms with Crippen molar-refractivity contribution in [2.24, 2.45) is 5.73 Å². The Bertz CT molecular complexity index is 384. The molecule has 0 fully saturated rings. The molecular formula is C13H20FN3O2. The standard InChI is InChI=1S/C13H20FN3O2/c1-19-9-8-17(7-6-15)10-13(18)16-12-4-2-11(14)3-5-12/h2-5H,6-10,15H2,1H3,(H,16,18). The molecule has 1 rings (SSSR count). The van der Waals surface area contributed by atoms with Crippen molar-refractivity contribution in [1.82, 2.24) is 4.90 Å². The van der Waals surface area contributed by atoms with Crippen LogP contribution in [-0.2, 0) is 9.53 Å². The molecule has 106 valence electrons. The molecule has 0 aliphatic rings. The molecule has 1 amide bonds. The van der Waals surface area contributed by atoms with Crippen LogP contribution in [0.3, 0.4) is 0 Å².